The van der Waals surface area contributed by atoms with Crippen molar-refractivity contribution in [1.82, 2.24) is 15.1 Å². The van der Waals surface area contributed by atoms with Crippen LogP contribution in [0.3, 0.4) is 0 Å². The van der Waals surface area contributed by atoms with Gasteiger partial charge in [-0.2, -0.15) is 0 Å². The van der Waals surface area contributed by atoms with Crippen LogP contribution in [0.1, 0.15) is 13.3 Å². The lowest BCUT2D eigenvalue weighted by Crippen LogP contribution is -2.54. The molecule has 6 nitrogen and oxygen atoms in total. The molecular weight excluding hydrogens is 301 g/mol. The highest BCUT2D eigenvalue weighted by Crippen LogP contribution is 2.12. The Labute approximate surface area is 135 Å². The molecule has 126 valence electrons. The number of carbonyl (C=O) groups excluding carboxylic acids is 2. The Morgan fingerprint density at radius 1 is 1.22 bits per heavy atom. The van der Waals surface area contributed by atoms with Gasteiger partial charge in [0.25, 0.3) is 5.91 Å². The zero-order valence-electron chi connectivity index (χ0n) is 13.3. The summed E-state index contributed by atoms with van der Waals surface area (Å²) in [4.78, 5) is 27.3. The first-order valence-corrected chi connectivity index (χ1v) is 7.79. The fraction of sp³-hybridized carbons (Fsp3) is 0.500. The van der Waals surface area contributed by atoms with Gasteiger partial charge in [-0.05, 0) is 18.6 Å². The van der Waals surface area contributed by atoms with Crippen molar-refractivity contribution in [3.63, 3.8) is 0 Å². The van der Waals surface area contributed by atoms with Gasteiger partial charge < -0.3 is 19.9 Å². The van der Waals surface area contributed by atoms with E-state index in [0.717, 1.165) is 6.42 Å². The van der Waals surface area contributed by atoms with Crippen LogP contribution in [-0.4, -0.2) is 61.1 Å². The van der Waals surface area contributed by atoms with Gasteiger partial charge >= 0.3 is 6.03 Å². The number of piperazine rings is 1. The van der Waals surface area contributed by atoms with E-state index in [1.54, 1.807) is 15.9 Å². The van der Waals surface area contributed by atoms with Crippen LogP contribution in [0.5, 0.6) is 5.75 Å². The number of rotatable bonds is 5. The third kappa shape index (κ3) is 5.12. The van der Waals surface area contributed by atoms with Crippen LogP contribution >= 0.6 is 0 Å². The first-order chi connectivity index (χ1) is 11.1. The minimum Gasteiger partial charge on any atom is -0.484 e. The van der Waals surface area contributed by atoms with Crippen LogP contribution in [0.4, 0.5) is 9.18 Å². The molecule has 1 N–H and O–H groups in total. The Morgan fingerprint density at radius 2 is 1.91 bits per heavy atom. The highest BCUT2D eigenvalue weighted by Gasteiger charge is 2.24. The molecule has 0 aromatic heterocycles. The molecule has 0 atom stereocenters. The van der Waals surface area contributed by atoms with E-state index in [-0.39, 0.29) is 18.5 Å². The molecule has 0 spiro atoms. The lowest BCUT2D eigenvalue weighted by atomic mass is 10.3. The molecule has 3 amide bonds. The summed E-state index contributed by atoms with van der Waals surface area (Å²) in [7, 11) is 0. The zero-order chi connectivity index (χ0) is 16.7. The molecule has 2 rings (SSSR count). The molecule has 23 heavy (non-hydrogen) atoms. The Balaban J connectivity index is 1.74. The maximum atomic E-state index is 13.0. The van der Waals surface area contributed by atoms with Crippen LogP contribution in [0.2, 0.25) is 0 Å². The van der Waals surface area contributed by atoms with Gasteiger partial charge in [0, 0.05) is 38.8 Å². The van der Waals surface area contributed by atoms with Crippen molar-refractivity contribution in [3.05, 3.63) is 30.1 Å². The highest BCUT2D eigenvalue weighted by atomic mass is 19.1. The Kier molecular flexibility index (Phi) is 6.19. The van der Waals surface area contributed by atoms with E-state index >= 15 is 0 Å². The minimum absolute atomic E-state index is 0.0880. The normalized spacial score (nSPS) is 14.5. The van der Waals surface area contributed by atoms with Crippen molar-refractivity contribution < 1.29 is 18.7 Å². The summed E-state index contributed by atoms with van der Waals surface area (Å²) >= 11 is 0. The molecule has 0 aliphatic carbocycles. The van der Waals surface area contributed by atoms with Gasteiger partial charge in [0.1, 0.15) is 11.6 Å². The first kappa shape index (κ1) is 17.1. The maximum Gasteiger partial charge on any atom is 0.317 e. The van der Waals surface area contributed by atoms with Crippen molar-refractivity contribution >= 4 is 11.9 Å². The van der Waals surface area contributed by atoms with Crippen LogP contribution in [0.25, 0.3) is 0 Å². The van der Waals surface area contributed by atoms with Crippen LogP contribution in [-0.2, 0) is 4.79 Å². The third-order valence-electron chi connectivity index (χ3n) is 3.60. The fourth-order valence-electron chi connectivity index (χ4n) is 2.30. The molecular formula is C16H22FN3O3. The smallest absolute Gasteiger partial charge is 0.317 e. The van der Waals surface area contributed by atoms with Gasteiger partial charge in [0.15, 0.2) is 6.61 Å². The number of halogens is 1. The van der Waals surface area contributed by atoms with Crippen LogP contribution < -0.4 is 10.1 Å². The summed E-state index contributed by atoms with van der Waals surface area (Å²) in [5.74, 6) is -0.236. The van der Waals surface area contributed by atoms with Gasteiger partial charge in [-0.3, -0.25) is 4.79 Å². The summed E-state index contributed by atoms with van der Waals surface area (Å²) in [6, 6.07) is 5.60. The molecule has 7 heteroatoms. The predicted molar refractivity (Wildman–Crippen MR) is 83.7 cm³/mol. The lowest BCUT2D eigenvalue weighted by molar-refractivity contribution is -0.134. The number of nitrogens with one attached hydrogen (secondary N) is 1. The molecule has 1 aromatic rings. The number of ether oxygens (including phenoxy) is 1. The quantitative estimate of drug-likeness (QED) is 0.892. The van der Waals surface area contributed by atoms with Crippen molar-refractivity contribution in [2.24, 2.45) is 0 Å². The van der Waals surface area contributed by atoms with Gasteiger partial charge in [0.05, 0.1) is 0 Å². The number of benzene rings is 1. The van der Waals surface area contributed by atoms with Crippen molar-refractivity contribution in [3.8, 4) is 5.75 Å². The largest absolute Gasteiger partial charge is 0.484 e. The lowest BCUT2D eigenvalue weighted by Gasteiger charge is -2.34. The molecule has 1 aliphatic heterocycles. The number of urea groups is 1. The number of amides is 3. The zero-order valence-corrected chi connectivity index (χ0v) is 13.3. The first-order valence-electron chi connectivity index (χ1n) is 7.79. The average Bonchev–Trinajstić information content (AvgIpc) is 2.57. The fourth-order valence-corrected chi connectivity index (χ4v) is 2.30. The van der Waals surface area contributed by atoms with E-state index < -0.39 is 5.82 Å². The van der Waals surface area contributed by atoms with E-state index in [1.807, 2.05) is 6.92 Å². The predicted octanol–water partition coefficient (Wildman–Crippen LogP) is 1.47. The summed E-state index contributed by atoms with van der Waals surface area (Å²) in [5.41, 5.74) is 0. The molecule has 0 bridgehead atoms. The summed E-state index contributed by atoms with van der Waals surface area (Å²) in [5, 5.41) is 2.82. The van der Waals surface area contributed by atoms with Gasteiger partial charge in [-0.25, -0.2) is 9.18 Å². The summed E-state index contributed by atoms with van der Waals surface area (Å²) in [6.07, 6.45) is 0.890. The van der Waals surface area contributed by atoms with Crippen LogP contribution in [0, 0.1) is 5.82 Å². The number of hydrogen-bond acceptors (Lipinski definition) is 3. The molecule has 1 fully saturated rings. The average molecular weight is 323 g/mol. The van der Waals surface area contributed by atoms with Gasteiger partial charge in [-0.1, -0.05) is 13.0 Å². The monoisotopic (exact) mass is 323 g/mol. The number of hydrogen-bond donors (Lipinski definition) is 1. The van der Waals surface area contributed by atoms with E-state index in [4.69, 9.17) is 4.74 Å². The van der Waals surface area contributed by atoms with Gasteiger partial charge in [0.2, 0.25) is 0 Å². The Bertz CT molecular complexity index is 545. The molecule has 0 radical (unpaired) electrons. The second kappa shape index (κ2) is 8.36. The standard InChI is InChI=1S/C16H22FN3O3/c1-2-6-18-16(22)20-9-7-19(8-10-20)15(21)12-23-14-5-3-4-13(17)11-14/h3-5,11H,2,6-10,12H2,1H3,(H,18,22). The number of nitrogens with zero attached hydrogens (tertiary/aromatic N) is 2. The van der Waals surface area contributed by atoms with Crippen molar-refractivity contribution in [1.29, 1.82) is 0 Å². The summed E-state index contributed by atoms with van der Waals surface area (Å²) in [6.45, 7) is 4.47. The van der Waals surface area contributed by atoms with E-state index in [2.05, 4.69) is 5.32 Å². The topological polar surface area (TPSA) is 61.9 Å². The van der Waals surface area contributed by atoms with E-state index in [0.29, 0.717) is 38.5 Å². The van der Waals surface area contributed by atoms with Crippen LogP contribution in [0.15, 0.2) is 24.3 Å². The Hall–Kier alpha value is -2.31. The van der Waals surface area contributed by atoms with E-state index in [1.165, 1.54) is 18.2 Å². The molecule has 1 aliphatic rings. The number of carbonyl (C=O) groups is 2. The molecule has 0 saturated carbocycles. The SMILES string of the molecule is CCCNC(=O)N1CCN(C(=O)COc2cccc(F)c2)CC1. The second-order valence-corrected chi connectivity index (χ2v) is 5.35. The minimum atomic E-state index is -0.401. The molecule has 1 saturated heterocycles. The summed E-state index contributed by atoms with van der Waals surface area (Å²) < 4.78 is 18.3. The van der Waals surface area contributed by atoms with E-state index in [9.17, 15) is 14.0 Å². The third-order valence-corrected chi connectivity index (χ3v) is 3.60. The van der Waals surface area contributed by atoms with Crippen molar-refractivity contribution in [2.75, 3.05) is 39.3 Å². The second-order valence-electron chi connectivity index (χ2n) is 5.35. The molecule has 0 unspecified atom stereocenters. The molecule has 1 aromatic carbocycles. The van der Waals surface area contributed by atoms with Gasteiger partial charge in [-0.15, -0.1) is 0 Å². The molecule has 1 heterocycles. The maximum absolute atomic E-state index is 13.0. The highest BCUT2D eigenvalue weighted by molar-refractivity contribution is 5.78. The van der Waals surface area contributed by atoms with Crippen molar-refractivity contribution in [2.45, 2.75) is 13.3 Å². The Morgan fingerprint density at radius 3 is 2.57 bits per heavy atom.